The van der Waals surface area contributed by atoms with E-state index in [-0.39, 0.29) is 18.9 Å². The fourth-order valence-electron chi connectivity index (χ4n) is 1.77. The van der Waals surface area contributed by atoms with Crippen molar-refractivity contribution in [2.24, 2.45) is 0 Å². The minimum atomic E-state index is -1.41. The summed E-state index contributed by atoms with van der Waals surface area (Å²) in [5.74, 6) is 0. The third-order valence-electron chi connectivity index (χ3n) is 4.15. The summed E-state index contributed by atoms with van der Waals surface area (Å²) in [6.07, 6.45) is 0. The van der Waals surface area contributed by atoms with Crippen molar-refractivity contribution in [1.82, 2.24) is 4.90 Å². The van der Waals surface area contributed by atoms with Crippen molar-refractivity contribution in [3.63, 3.8) is 0 Å². The van der Waals surface area contributed by atoms with Crippen molar-refractivity contribution in [2.75, 3.05) is 47.1 Å². The zero-order valence-electron chi connectivity index (χ0n) is 15.6. The zero-order chi connectivity index (χ0) is 15.8. The first-order valence-corrected chi connectivity index (χ1v) is 10.5. The van der Waals surface area contributed by atoms with Crippen LogP contribution in [-0.2, 0) is 9.47 Å². The van der Waals surface area contributed by atoms with Crippen LogP contribution >= 0.6 is 0 Å². The fraction of sp³-hybridized carbons (Fsp3) is 0.812. The molecule has 0 aromatic rings. The standard InChI is InChI=1S/C16H34NO2Si.Li/c1-15(14-20(7,8)16(2,3)4)13-17(9-11-18-5)10-12-19-6;/h14H,1,9-13H2,2-8H3;/q-1;+1. The van der Waals surface area contributed by atoms with Gasteiger partial charge in [0.2, 0.25) is 0 Å². The van der Waals surface area contributed by atoms with Crippen LogP contribution in [0.15, 0.2) is 12.2 Å². The van der Waals surface area contributed by atoms with E-state index in [9.17, 15) is 0 Å². The molecule has 21 heavy (non-hydrogen) atoms. The van der Waals surface area contributed by atoms with Gasteiger partial charge in [-0.3, -0.25) is 4.90 Å². The zero-order valence-corrected chi connectivity index (χ0v) is 16.6. The maximum Gasteiger partial charge on any atom is 1.00 e. The first kappa shape index (κ1) is 23.6. The molecule has 5 heteroatoms. The second-order valence-electron chi connectivity index (χ2n) is 7.04. The van der Waals surface area contributed by atoms with Gasteiger partial charge in [-0.15, -0.1) is 0 Å². The van der Waals surface area contributed by atoms with Crippen molar-refractivity contribution >= 4 is 8.07 Å². The van der Waals surface area contributed by atoms with Crippen molar-refractivity contribution in [1.29, 1.82) is 0 Å². The predicted octanol–water partition coefficient (Wildman–Crippen LogP) is 0.393. The summed E-state index contributed by atoms with van der Waals surface area (Å²) >= 11 is 0. The molecule has 0 aromatic carbocycles. The molecule has 0 aliphatic carbocycles. The Morgan fingerprint density at radius 2 is 1.52 bits per heavy atom. The van der Waals surface area contributed by atoms with Crippen LogP contribution in [0.2, 0.25) is 18.1 Å². The van der Waals surface area contributed by atoms with Gasteiger partial charge in [0.25, 0.3) is 0 Å². The molecule has 120 valence electrons. The van der Waals surface area contributed by atoms with E-state index in [0.717, 1.165) is 32.8 Å². The van der Waals surface area contributed by atoms with Gasteiger partial charge >= 0.3 is 18.9 Å². The van der Waals surface area contributed by atoms with Crippen molar-refractivity contribution in [3.05, 3.63) is 18.2 Å². The van der Waals surface area contributed by atoms with E-state index in [1.807, 2.05) is 0 Å². The van der Waals surface area contributed by atoms with Gasteiger partial charge in [-0.1, -0.05) is 38.9 Å². The number of methoxy groups -OCH3 is 2. The molecular weight excluding hydrogens is 273 g/mol. The molecule has 0 bridgehead atoms. The van der Waals surface area contributed by atoms with E-state index in [4.69, 9.17) is 9.47 Å². The number of nitrogens with zero attached hydrogens (tertiary/aromatic N) is 1. The van der Waals surface area contributed by atoms with Gasteiger partial charge in [-0.2, -0.15) is 0 Å². The van der Waals surface area contributed by atoms with E-state index in [1.165, 1.54) is 5.57 Å². The molecule has 0 aliphatic rings. The van der Waals surface area contributed by atoms with E-state index >= 15 is 0 Å². The van der Waals surface area contributed by atoms with Crippen molar-refractivity contribution < 1.29 is 28.3 Å². The Morgan fingerprint density at radius 1 is 1.10 bits per heavy atom. The average molecular weight is 307 g/mol. The molecule has 0 saturated carbocycles. The molecule has 0 amide bonds. The Bertz CT molecular complexity index is 282. The SMILES string of the molecule is C=C([CH-][Si](C)(C)C(C)(C)C)CN(CCOC)CCOC.[Li+]. The predicted molar refractivity (Wildman–Crippen MR) is 90.8 cm³/mol. The van der Waals surface area contributed by atoms with Crippen LogP contribution in [0.1, 0.15) is 20.8 Å². The molecule has 0 spiro atoms. The Morgan fingerprint density at radius 3 is 1.86 bits per heavy atom. The van der Waals surface area contributed by atoms with Crippen LogP contribution in [0.4, 0.5) is 0 Å². The maximum atomic E-state index is 5.18. The normalized spacial score (nSPS) is 12.2. The summed E-state index contributed by atoms with van der Waals surface area (Å²) in [5, 5.41) is 0.361. The minimum absolute atomic E-state index is 0. The summed E-state index contributed by atoms with van der Waals surface area (Å²) in [6, 6.07) is 2.44. The molecule has 0 aliphatic heterocycles. The molecule has 3 nitrogen and oxygen atoms in total. The maximum absolute atomic E-state index is 5.18. The molecule has 0 rings (SSSR count). The van der Waals surface area contributed by atoms with Gasteiger partial charge in [-0.05, 0) is 14.6 Å². The number of hydrogen-bond donors (Lipinski definition) is 0. The third kappa shape index (κ3) is 9.83. The second-order valence-corrected chi connectivity index (χ2v) is 12.3. The van der Waals surface area contributed by atoms with E-state index < -0.39 is 8.07 Å². The second kappa shape index (κ2) is 10.9. The molecule has 0 heterocycles. The van der Waals surface area contributed by atoms with Crippen LogP contribution in [-0.4, -0.2) is 60.0 Å². The molecule has 0 aromatic heterocycles. The van der Waals surface area contributed by atoms with Crippen LogP contribution in [0, 0.1) is 6.04 Å². The van der Waals surface area contributed by atoms with Crippen LogP contribution in [0.25, 0.3) is 0 Å². The molecule has 0 fully saturated rings. The first-order chi connectivity index (χ1) is 9.14. The Kier molecular flexibility index (Phi) is 12.3. The smallest absolute Gasteiger partial charge is 0.383 e. The largest absolute Gasteiger partial charge is 1.00 e. The van der Waals surface area contributed by atoms with Crippen LogP contribution in [0.5, 0.6) is 0 Å². The van der Waals surface area contributed by atoms with E-state index in [2.05, 4.69) is 51.4 Å². The quantitative estimate of drug-likeness (QED) is 0.431. The summed E-state index contributed by atoms with van der Waals surface area (Å²) in [4.78, 5) is 2.35. The van der Waals surface area contributed by atoms with Gasteiger partial charge in [-0.25, -0.2) is 18.2 Å². The van der Waals surface area contributed by atoms with Gasteiger partial charge < -0.3 is 9.47 Å². The topological polar surface area (TPSA) is 21.7 Å². The van der Waals surface area contributed by atoms with Crippen molar-refractivity contribution in [2.45, 2.75) is 38.9 Å². The number of ether oxygens (including phenoxy) is 2. The average Bonchev–Trinajstić information content (AvgIpc) is 2.30. The van der Waals surface area contributed by atoms with Gasteiger partial charge in [0.05, 0.1) is 13.2 Å². The Balaban J connectivity index is 0. The molecule has 0 N–H and O–H groups in total. The molecular formula is C16H34LiNO2Si. The molecule has 0 saturated heterocycles. The number of hydrogen-bond acceptors (Lipinski definition) is 3. The van der Waals surface area contributed by atoms with Crippen LogP contribution < -0.4 is 18.9 Å². The van der Waals surface area contributed by atoms with Crippen molar-refractivity contribution in [3.8, 4) is 0 Å². The summed E-state index contributed by atoms with van der Waals surface area (Å²) in [5.41, 5.74) is 1.23. The van der Waals surface area contributed by atoms with Gasteiger partial charge in [0, 0.05) is 27.3 Å². The van der Waals surface area contributed by atoms with E-state index in [0.29, 0.717) is 5.04 Å². The molecule has 0 atom stereocenters. The van der Waals surface area contributed by atoms with Crippen LogP contribution in [0.3, 0.4) is 0 Å². The summed E-state index contributed by atoms with van der Waals surface area (Å²) in [6.45, 7) is 20.3. The van der Waals surface area contributed by atoms with Gasteiger partial charge in [0.1, 0.15) is 0 Å². The summed E-state index contributed by atoms with van der Waals surface area (Å²) < 4.78 is 10.4. The molecule has 0 radical (unpaired) electrons. The minimum Gasteiger partial charge on any atom is -0.383 e. The molecule has 0 unspecified atom stereocenters. The van der Waals surface area contributed by atoms with E-state index in [1.54, 1.807) is 14.2 Å². The fourth-order valence-corrected chi connectivity index (χ4v) is 3.32. The van der Waals surface area contributed by atoms with Gasteiger partial charge in [0.15, 0.2) is 0 Å². The summed E-state index contributed by atoms with van der Waals surface area (Å²) in [7, 11) is 2.07. The Labute approximate surface area is 145 Å². The number of rotatable bonds is 10. The third-order valence-corrected chi connectivity index (χ3v) is 9.14. The first-order valence-electron chi connectivity index (χ1n) is 7.38. The monoisotopic (exact) mass is 307 g/mol. The Hall–Kier alpha value is 0.304.